The van der Waals surface area contributed by atoms with Gasteiger partial charge in [0.05, 0.1) is 17.3 Å². The van der Waals surface area contributed by atoms with Gasteiger partial charge in [-0.2, -0.15) is 0 Å². The van der Waals surface area contributed by atoms with Gasteiger partial charge in [0.25, 0.3) is 5.91 Å². The van der Waals surface area contributed by atoms with Gasteiger partial charge in [-0.1, -0.05) is 18.2 Å². The van der Waals surface area contributed by atoms with Crippen molar-refractivity contribution in [3.8, 4) is 0 Å². The Hall–Kier alpha value is -3.32. The number of likely N-dealkylation sites (tertiary alicyclic amines) is 1. The number of aromatic nitrogens is 2. The molecule has 1 saturated heterocycles. The Morgan fingerprint density at radius 1 is 1.12 bits per heavy atom. The van der Waals surface area contributed by atoms with Crippen LogP contribution in [0.1, 0.15) is 63.7 Å². The summed E-state index contributed by atoms with van der Waals surface area (Å²) >= 11 is 0. The number of halogens is 1. The molecule has 7 heteroatoms. The van der Waals surface area contributed by atoms with Gasteiger partial charge in [-0.15, -0.1) is 0 Å². The van der Waals surface area contributed by atoms with E-state index in [1.807, 2.05) is 24.4 Å². The standard InChI is InChI=1S/C26H28FN5O/c27-22-5-3-4-18-7-9-23(25(18)22)31-24-13-20(30-15-21(24)26(28)33)12-19-8-6-17(14-29-19)16-32-10-1-2-11-32/h3-6,8,13-15,23H,1-2,7,9-12,16H2,(H2,28,33)(H,30,31). The molecular formula is C26H28FN5O. The summed E-state index contributed by atoms with van der Waals surface area (Å²) in [7, 11) is 0. The Morgan fingerprint density at radius 2 is 1.94 bits per heavy atom. The molecule has 3 heterocycles. The van der Waals surface area contributed by atoms with Gasteiger partial charge in [-0.05, 0) is 68.1 Å². The summed E-state index contributed by atoms with van der Waals surface area (Å²) in [5, 5.41) is 3.36. The topological polar surface area (TPSA) is 84.1 Å². The van der Waals surface area contributed by atoms with E-state index < -0.39 is 5.91 Å². The number of nitrogens with one attached hydrogen (secondary N) is 1. The van der Waals surface area contributed by atoms with Gasteiger partial charge in [0.15, 0.2) is 0 Å². The van der Waals surface area contributed by atoms with Crippen molar-refractivity contribution in [1.29, 1.82) is 0 Å². The number of fused-ring (bicyclic) bond motifs is 1. The molecule has 1 unspecified atom stereocenters. The van der Waals surface area contributed by atoms with E-state index in [9.17, 15) is 9.18 Å². The number of benzene rings is 1. The second kappa shape index (κ2) is 9.27. The highest BCUT2D eigenvalue weighted by Crippen LogP contribution is 2.36. The van der Waals surface area contributed by atoms with Crippen molar-refractivity contribution >= 4 is 11.6 Å². The first-order valence-electron chi connectivity index (χ1n) is 11.6. The lowest BCUT2D eigenvalue weighted by atomic mass is 10.1. The molecule has 2 aliphatic rings. The third-order valence-electron chi connectivity index (χ3n) is 6.60. The lowest BCUT2D eigenvalue weighted by Crippen LogP contribution is -2.18. The molecule has 1 fully saturated rings. The van der Waals surface area contributed by atoms with Crippen molar-refractivity contribution in [2.45, 2.75) is 44.7 Å². The summed E-state index contributed by atoms with van der Waals surface area (Å²) in [5.74, 6) is -0.789. The largest absolute Gasteiger partial charge is 0.377 e. The molecule has 2 aromatic heterocycles. The van der Waals surface area contributed by atoms with Gasteiger partial charge in [0, 0.05) is 42.3 Å². The number of aryl methyl sites for hydroxylation is 1. The Morgan fingerprint density at radius 3 is 2.70 bits per heavy atom. The van der Waals surface area contributed by atoms with Crippen LogP contribution in [0.3, 0.4) is 0 Å². The Balaban J connectivity index is 1.34. The average Bonchev–Trinajstić information content (AvgIpc) is 3.46. The number of carbonyl (C=O) groups excluding carboxylic acids is 1. The molecule has 1 aliphatic heterocycles. The molecule has 1 atom stereocenters. The van der Waals surface area contributed by atoms with E-state index >= 15 is 0 Å². The first kappa shape index (κ1) is 21.5. The van der Waals surface area contributed by atoms with Crippen molar-refractivity contribution in [2.75, 3.05) is 18.4 Å². The number of hydrogen-bond donors (Lipinski definition) is 2. The SMILES string of the molecule is NC(=O)c1cnc(Cc2ccc(CN3CCCC3)cn2)cc1NC1CCc2cccc(F)c21. The van der Waals surface area contributed by atoms with Crippen LogP contribution in [0.4, 0.5) is 10.1 Å². The Labute approximate surface area is 193 Å². The molecule has 0 spiro atoms. The third kappa shape index (κ3) is 4.73. The van der Waals surface area contributed by atoms with E-state index in [0.717, 1.165) is 49.4 Å². The van der Waals surface area contributed by atoms with Crippen molar-refractivity contribution in [2.24, 2.45) is 5.73 Å². The quantitative estimate of drug-likeness (QED) is 0.574. The van der Waals surface area contributed by atoms with E-state index in [2.05, 4.69) is 26.3 Å². The second-order valence-corrected chi connectivity index (χ2v) is 8.95. The molecule has 0 radical (unpaired) electrons. The molecular weight excluding hydrogens is 417 g/mol. The number of nitrogens with zero attached hydrogens (tertiary/aromatic N) is 3. The molecule has 0 bridgehead atoms. The maximum Gasteiger partial charge on any atom is 0.252 e. The highest BCUT2D eigenvalue weighted by molar-refractivity contribution is 5.98. The lowest BCUT2D eigenvalue weighted by Gasteiger charge is -2.19. The van der Waals surface area contributed by atoms with E-state index in [0.29, 0.717) is 23.2 Å². The smallest absolute Gasteiger partial charge is 0.252 e. The van der Waals surface area contributed by atoms with E-state index in [1.54, 1.807) is 6.07 Å². The van der Waals surface area contributed by atoms with Crippen LogP contribution in [-0.2, 0) is 19.4 Å². The van der Waals surface area contributed by atoms with E-state index in [4.69, 9.17) is 5.73 Å². The zero-order valence-corrected chi connectivity index (χ0v) is 18.6. The number of primary amides is 1. The molecule has 1 amide bonds. The second-order valence-electron chi connectivity index (χ2n) is 8.95. The summed E-state index contributed by atoms with van der Waals surface area (Å²) < 4.78 is 14.5. The van der Waals surface area contributed by atoms with E-state index in [1.165, 1.54) is 30.7 Å². The number of anilines is 1. The zero-order valence-electron chi connectivity index (χ0n) is 18.6. The summed E-state index contributed by atoms with van der Waals surface area (Å²) in [6.07, 6.45) is 8.06. The van der Waals surface area contributed by atoms with Gasteiger partial charge < -0.3 is 11.1 Å². The fourth-order valence-electron chi connectivity index (χ4n) is 4.91. The number of pyridine rings is 2. The molecule has 5 rings (SSSR count). The number of rotatable bonds is 7. The van der Waals surface area contributed by atoms with Gasteiger partial charge in [-0.25, -0.2) is 4.39 Å². The minimum Gasteiger partial charge on any atom is -0.377 e. The molecule has 3 N–H and O–H groups in total. The third-order valence-corrected chi connectivity index (χ3v) is 6.60. The molecule has 1 aliphatic carbocycles. The summed E-state index contributed by atoms with van der Waals surface area (Å²) in [4.78, 5) is 23.5. The minimum absolute atomic E-state index is 0.211. The zero-order chi connectivity index (χ0) is 22.8. The van der Waals surface area contributed by atoms with Crippen LogP contribution in [-0.4, -0.2) is 33.9 Å². The lowest BCUT2D eigenvalue weighted by molar-refractivity contribution is 0.100. The van der Waals surface area contributed by atoms with Crippen LogP contribution < -0.4 is 11.1 Å². The van der Waals surface area contributed by atoms with Crippen molar-refractivity contribution in [3.63, 3.8) is 0 Å². The Bertz CT molecular complexity index is 1160. The van der Waals surface area contributed by atoms with Crippen LogP contribution in [0.25, 0.3) is 0 Å². The first-order valence-corrected chi connectivity index (χ1v) is 11.6. The van der Waals surface area contributed by atoms with Crippen LogP contribution in [0.2, 0.25) is 0 Å². The van der Waals surface area contributed by atoms with Crippen LogP contribution >= 0.6 is 0 Å². The highest BCUT2D eigenvalue weighted by Gasteiger charge is 2.27. The number of nitrogens with two attached hydrogens (primary N) is 1. The summed E-state index contributed by atoms with van der Waals surface area (Å²) in [6, 6.07) is 10.9. The Kier molecular flexibility index (Phi) is 6.05. The van der Waals surface area contributed by atoms with Gasteiger partial charge in [0.1, 0.15) is 5.82 Å². The molecule has 33 heavy (non-hydrogen) atoms. The summed E-state index contributed by atoms with van der Waals surface area (Å²) in [6.45, 7) is 3.25. The monoisotopic (exact) mass is 445 g/mol. The predicted octanol–water partition coefficient (Wildman–Crippen LogP) is 4.00. The highest BCUT2D eigenvalue weighted by atomic mass is 19.1. The molecule has 6 nitrogen and oxygen atoms in total. The number of hydrogen-bond acceptors (Lipinski definition) is 5. The first-order chi connectivity index (χ1) is 16.1. The minimum atomic E-state index is -0.562. The van der Waals surface area contributed by atoms with Crippen molar-refractivity contribution in [1.82, 2.24) is 14.9 Å². The predicted molar refractivity (Wildman–Crippen MR) is 125 cm³/mol. The van der Waals surface area contributed by atoms with Crippen molar-refractivity contribution in [3.05, 3.63) is 88.3 Å². The van der Waals surface area contributed by atoms with Gasteiger partial charge in [-0.3, -0.25) is 19.7 Å². The average molecular weight is 446 g/mol. The van der Waals surface area contributed by atoms with Crippen LogP contribution in [0, 0.1) is 5.82 Å². The fourth-order valence-corrected chi connectivity index (χ4v) is 4.91. The molecule has 170 valence electrons. The normalized spacial score (nSPS) is 17.8. The van der Waals surface area contributed by atoms with Crippen LogP contribution in [0.5, 0.6) is 0 Å². The van der Waals surface area contributed by atoms with Crippen molar-refractivity contribution < 1.29 is 9.18 Å². The molecule has 0 saturated carbocycles. The molecule has 1 aromatic carbocycles. The number of amides is 1. The number of carbonyl (C=O) groups is 1. The fraction of sp³-hybridized carbons (Fsp3) is 0.346. The maximum atomic E-state index is 14.5. The maximum absolute atomic E-state index is 14.5. The summed E-state index contributed by atoms with van der Waals surface area (Å²) in [5.41, 5.74) is 11.0. The molecule has 3 aromatic rings. The van der Waals surface area contributed by atoms with Gasteiger partial charge >= 0.3 is 0 Å². The van der Waals surface area contributed by atoms with Crippen LogP contribution in [0.15, 0.2) is 48.8 Å². The van der Waals surface area contributed by atoms with Gasteiger partial charge in [0.2, 0.25) is 0 Å². The van der Waals surface area contributed by atoms with E-state index in [-0.39, 0.29) is 11.9 Å².